The maximum atomic E-state index is 6.12. The highest BCUT2D eigenvalue weighted by Gasteiger charge is 2.35. The minimum atomic E-state index is -0.109. The van der Waals surface area contributed by atoms with Crippen molar-refractivity contribution in [2.75, 3.05) is 0 Å². The molecule has 0 N–H and O–H groups in total. The third-order valence-electron chi connectivity index (χ3n) is 12.0. The first-order valence-corrected chi connectivity index (χ1v) is 18.9. The second-order valence-corrected chi connectivity index (χ2v) is 15.4. The van der Waals surface area contributed by atoms with Crippen molar-refractivity contribution in [1.29, 1.82) is 0 Å². The summed E-state index contributed by atoms with van der Waals surface area (Å²) in [5, 5.41) is 8.08. The quantitative estimate of drug-likeness (QED) is 0.184. The predicted octanol–water partition coefficient (Wildman–Crippen LogP) is 13.4. The number of nitrogens with zero attached hydrogens (tertiary/aromatic N) is 3. The first-order chi connectivity index (χ1) is 27.0. The number of furan rings is 1. The molecule has 1 aliphatic rings. The van der Waals surface area contributed by atoms with Crippen LogP contribution in [0.25, 0.3) is 105 Å². The molecule has 0 bridgehead atoms. The molecule has 0 amide bonds. The first kappa shape index (κ1) is 30.4. The number of para-hydroxylation sites is 3. The summed E-state index contributed by atoms with van der Waals surface area (Å²) in [5.41, 5.74) is 14.5. The Morgan fingerprint density at radius 1 is 0.473 bits per heavy atom. The Hall–Kier alpha value is -7.04. The van der Waals surface area contributed by atoms with Crippen LogP contribution in [0.5, 0.6) is 0 Å². The second kappa shape index (κ2) is 11.0. The lowest BCUT2D eigenvalue weighted by atomic mass is 9.82. The number of rotatable bonds is 3. The lowest BCUT2D eigenvalue weighted by Crippen LogP contribution is -2.15. The topological polar surface area (TPSA) is 43.9 Å². The van der Waals surface area contributed by atoms with Gasteiger partial charge in [-0.3, -0.25) is 4.57 Å². The molecule has 3 aromatic heterocycles. The van der Waals surface area contributed by atoms with Gasteiger partial charge in [-0.1, -0.05) is 129 Å². The van der Waals surface area contributed by atoms with Crippen LogP contribution in [-0.2, 0) is 5.41 Å². The molecule has 0 fully saturated rings. The molecule has 0 unspecified atom stereocenters. The zero-order valence-corrected chi connectivity index (χ0v) is 30.3. The molecule has 55 heavy (non-hydrogen) atoms. The van der Waals surface area contributed by atoms with Gasteiger partial charge in [0, 0.05) is 37.9 Å². The minimum absolute atomic E-state index is 0.109. The fourth-order valence-electron chi connectivity index (χ4n) is 9.33. The molecule has 0 saturated heterocycles. The van der Waals surface area contributed by atoms with E-state index < -0.39 is 0 Å². The van der Waals surface area contributed by atoms with E-state index in [4.69, 9.17) is 14.4 Å². The van der Waals surface area contributed by atoms with E-state index in [-0.39, 0.29) is 5.41 Å². The van der Waals surface area contributed by atoms with Crippen LogP contribution in [0.15, 0.2) is 168 Å². The summed E-state index contributed by atoms with van der Waals surface area (Å²) in [6.45, 7) is 4.66. The smallest absolute Gasteiger partial charge is 0.235 e. The van der Waals surface area contributed by atoms with Crippen LogP contribution < -0.4 is 0 Å². The number of benzene rings is 8. The molecule has 12 rings (SSSR count). The van der Waals surface area contributed by atoms with Gasteiger partial charge < -0.3 is 4.42 Å². The van der Waals surface area contributed by atoms with Crippen molar-refractivity contribution in [2.45, 2.75) is 19.3 Å². The highest BCUT2D eigenvalue weighted by atomic mass is 16.3. The maximum absolute atomic E-state index is 6.12. The van der Waals surface area contributed by atoms with Crippen LogP contribution >= 0.6 is 0 Å². The molecule has 0 spiro atoms. The molecule has 0 aliphatic heterocycles. The molecule has 4 heteroatoms. The number of aromatic nitrogens is 3. The van der Waals surface area contributed by atoms with Gasteiger partial charge in [0.1, 0.15) is 11.2 Å². The molecule has 0 radical (unpaired) electrons. The Kier molecular flexibility index (Phi) is 6.09. The monoisotopic (exact) mass is 703 g/mol. The van der Waals surface area contributed by atoms with Crippen LogP contribution in [-0.4, -0.2) is 14.5 Å². The molecule has 8 aromatic carbocycles. The maximum Gasteiger partial charge on any atom is 0.235 e. The summed E-state index contributed by atoms with van der Waals surface area (Å²) < 4.78 is 8.37. The summed E-state index contributed by atoms with van der Waals surface area (Å²) in [5.74, 6) is 0.666. The van der Waals surface area contributed by atoms with Crippen LogP contribution in [0.2, 0.25) is 0 Å². The summed E-state index contributed by atoms with van der Waals surface area (Å²) in [6, 6.07) is 58.8. The van der Waals surface area contributed by atoms with Gasteiger partial charge in [-0.05, 0) is 92.7 Å². The minimum Gasteiger partial charge on any atom is -0.456 e. The first-order valence-electron chi connectivity index (χ1n) is 18.9. The van der Waals surface area contributed by atoms with Crippen LogP contribution in [0.3, 0.4) is 0 Å². The van der Waals surface area contributed by atoms with Gasteiger partial charge in [-0.25, -0.2) is 9.97 Å². The fourth-order valence-corrected chi connectivity index (χ4v) is 9.33. The van der Waals surface area contributed by atoms with E-state index in [0.717, 1.165) is 55.1 Å². The van der Waals surface area contributed by atoms with E-state index in [2.05, 4.69) is 170 Å². The predicted molar refractivity (Wildman–Crippen MR) is 227 cm³/mol. The van der Waals surface area contributed by atoms with Crippen molar-refractivity contribution in [1.82, 2.24) is 14.5 Å². The molecule has 258 valence electrons. The van der Waals surface area contributed by atoms with Gasteiger partial charge in [0.2, 0.25) is 5.95 Å². The number of hydrogen-bond acceptors (Lipinski definition) is 3. The van der Waals surface area contributed by atoms with Crippen LogP contribution in [0.4, 0.5) is 0 Å². The van der Waals surface area contributed by atoms with E-state index >= 15 is 0 Å². The van der Waals surface area contributed by atoms with Crippen molar-refractivity contribution in [3.63, 3.8) is 0 Å². The van der Waals surface area contributed by atoms with Crippen LogP contribution in [0, 0.1) is 0 Å². The lowest BCUT2D eigenvalue weighted by Gasteiger charge is -2.22. The molecule has 1 aliphatic carbocycles. The van der Waals surface area contributed by atoms with Crippen molar-refractivity contribution in [2.24, 2.45) is 0 Å². The van der Waals surface area contributed by atoms with Gasteiger partial charge in [0.25, 0.3) is 0 Å². The molecular formula is C51H33N3O. The van der Waals surface area contributed by atoms with Crippen molar-refractivity contribution < 1.29 is 4.42 Å². The van der Waals surface area contributed by atoms with Gasteiger partial charge >= 0.3 is 0 Å². The summed E-state index contributed by atoms with van der Waals surface area (Å²) in [4.78, 5) is 10.7. The van der Waals surface area contributed by atoms with E-state index in [1.54, 1.807) is 0 Å². The zero-order chi connectivity index (χ0) is 36.4. The van der Waals surface area contributed by atoms with Crippen molar-refractivity contribution >= 4 is 65.4 Å². The molecule has 4 nitrogen and oxygen atoms in total. The highest BCUT2D eigenvalue weighted by Crippen LogP contribution is 2.50. The van der Waals surface area contributed by atoms with Gasteiger partial charge in [0.05, 0.1) is 22.2 Å². The zero-order valence-electron chi connectivity index (χ0n) is 30.3. The van der Waals surface area contributed by atoms with Gasteiger partial charge in [-0.15, -0.1) is 0 Å². The second-order valence-electron chi connectivity index (χ2n) is 15.4. The molecular weight excluding hydrogens is 671 g/mol. The largest absolute Gasteiger partial charge is 0.456 e. The van der Waals surface area contributed by atoms with Crippen molar-refractivity contribution in [3.05, 3.63) is 175 Å². The molecule has 0 saturated carbocycles. The summed E-state index contributed by atoms with van der Waals surface area (Å²) in [6.07, 6.45) is 0. The fraction of sp³-hybridized carbons (Fsp3) is 0.0588. The average molecular weight is 704 g/mol. The normalized spacial score (nSPS) is 13.4. The Morgan fingerprint density at radius 3 is 2.11 bits per heavy atom. The van der Waals surface area contributed by atoms with E-state index in [0.29, 0.717) is 5.95 Å². The number of fused-ring (bicyclic) bond motifs is 12. The average Bonchev–Trinajstić information content (AvgIpc) is 3.85. The molecule has 11 aromatic rings. The molecule has 3 heterocycles. The third-order valence-corrected chi connectivity index (χ3v) is 12.0. The van der Waals surface area contributed by atoms with Crippen molar-refractivity contribution in [3.8, 4) is 39.5 Å². The highest BCUT2D eigenvalue weighted by molar-refractivity contribution is 6.21. The summed E-state index contributed by atoms with van der Waals surface area (Å²) >= 11 is 0. The third kappa shape index (κ3) is 4.28. The SMILES string of the molecule is CC1(C)c2ccccc2-c2ccc(-c3nc(-n4c5ccccc5c5c6ccc(-c7ccc8oc9ccccc9c8c7)cc6ccc54)nc4ccccc34)cc21. The van der Waals surface area contributed by atoms with Gasteiger partial charge in [-0.2, -0.15) is 0 Å². The number of hydrogen-bond donors (Lipinski definition) is 0. The Labute approximate surface area is 316 Å². The Morgan fingerprint density at radius 2 is 1.18 bits per heavy atom. The standard InChI is InChI=1S/C51H33N3O/c1-51(2)41-15-7-3-11-35(41)36-24-20-33(29-42(36)51)49-38-13-4-8-16-43(38)52-50(53-49)54-44-17-9-5-14-39(44)48-34-23-19-30(27-32(34)21-25-45(48)54)31-22-26-47-40(28-31)37-12-6-10-18-46(37)55-47/h3-29H,1-2H3. The molecule has 0 atom stereocenters. The lowest BCUT2D eigenvalue weighted by molar-refractivity contribution is 0.660. The Bertz CT molecular complexity index is 3420. The van der Waals surface area contributed by atoms with E-state index in [1.165, 1.54) is 54.9 Å². The van der Waals surface area contributed by atoms with E-state index in [1.807, 2.05) is 12.1 Å². The van der Waals surface area contributed by atoms with E-state index in [9.17, 15) is 0 Å². The van der Waals surface area contributed by atoms with Crippen LogP contribution in [0.1, 0.15) is 25.0 Å². The van der Waals surface area contributed by atoms with Gasteiger partial charge in [0.15, 0.2) is 0 Å². The Balaban J connectivity index is 1.05. The summed E-state index contributed by atoms with van der Waals surface area (Å²) in [7, 11) is 0.